The molecule has 1 saturated heterocycles. The van der Waals surface area contributed by atoms with Gasteiger partial charge in [0.05, 0.1) is 6.04 Å². The number of halogens is 1. The van der Waals surface area contributed by atoms with Crippen molar-refractivity contribution in [3.8, 4) is 0 Å². The number of hydrogen-bond donors (Lipinski definition) is 1. The van der Waals surface area contributed by atoms with E-state index >= 15 is 0 Å². The Balaban J connectivity index is 0.00000176. The molecule has 2 unspecified atom stereocenters. The molecule has 1 fully saturated rings. The Hall–Kier alpha value is -1.06. The third-order valence-corrected chi connectivity index (χ3v) is 5.13. The van der Waals surface area contributed by atoms with Crippen molar-refractivity contribution in [3.05, 3.63) is 35.4 Å². The Morgan fingerprint density at radius 1 is 1.36 bits per heavy atom. The van der Waals surface area contributed by atoms with Gasteiger partial charge < -0.3 is 10.2 Å². The van der Waals surface area contributed by atoms with Crippen molar-refractivity contribution in [3.63, 3.8) is 0 Å². The Bertz CT molecular complexity index is 516. The Labute approximate surface area is 139 Å². The first-order valence-corrected chi connectivity index (χ1v) is 8.31. The molecule has 0 spiro atoms. The lowest BCUT2D eigenvalue weighted by atomic mass is 9.87. The number of amides is 1. The smallest absolute Gasteiger partial charge is 0.226 e. The number of nitrogens with zero attached hydrogens (tertiary/aromatic N) is 1. The molecule has 2 atom stereocenters. The zero-order valence-corrected chi connectivity index (χ0v) is 14.4. The van der Waals surface area contributed by atoms with Crippen molar-refractivity contribution in [2.45, 2.75) is 39.2 Å². The molecule has 1 aliphatic carbocycles. The first kappa shape index (κ1) is 17.3. The van der Waals surface area contributed by atoms with Crippen LogP contribution in [0.3, 0.4) is 0 Å². The number of aryl methyl sites for hydroxylation is 1. The lowest BCUT2D eigenvalue weighted by molar-refractivity contribution is -0.140. The lowest BCUT2D eigenvalue weighted by Crippen LogP contribution is -2.51. The van der Waals surface area contributed by atoms with Gasteiger partial charge in [-0.05, 0) is 49.4 Å². The summed E-state index contributed by atoms with van der Waals surface area (Å²) >= 11 is 0. The van der Waals surface area contributed by atoms with Crippen LogP contribution in [0.4, 0.5) is 0 Å². The molecule has 0 bridgehead atoms. The summed E-state index contributed by atoms with van der Waals surface area (Å²) in [6, 6.07) is 8.92. The van der Waals surface area contributed by atoms with E-state index in [9.17, 15) is 4.79 Å². The molecular formula is C18H27ClN2O. The van der Waals surface area contributed by atoms with Gasteiger partial charge in [0.15, 0.2) is 0 Å². The summed E-state index contributed by atoms with van der Waals surface area (Å²) in [5, 5.41) is 3.28. The predicted octanol–water partition coefficient (Wildman–Crippen LogP) is 3.19. The number of nitrogens with one attached hydrogen (secondary N) is 1. The molecule has 122 valence electrons. The molecule has 1 aliphatic heterocycles. The second kappa shape index (κ2) is 7.47. The van der Waals surface area contributed by atoms with Crippen LogP contribution in [-0.2, 0) is 11.2 Å². The van der Waals surface area contributed by atoms with Crippen LogP contribution in [0.25, 0.3) is 0 Å². The molecule has 22 heavy (non-hydrogen) atoms. The van der Waals surface area contributed by atoms with Crippen molar-refractivity contribution < 1.29 is 4.79 Å². The quantitative estimate of drug-likeness (QED) is 0.903. The largest absolute Gasteiger partial charge is 0.335 e. The molecule has 1 N–H and O–H groups in total. The van der Waals surface area contributed by atoms with E-state index in [2.05, 4.69) is 48.3 Å². The van der Waals surface area contributed by atoms with Crippen LogP contribution in [0, 0.1) is 11.8 Å². The van der Waals surface area contributed by atoms with Gasteiger partial charge >= 0.3 is 0 Å². The number of hydrogen-bond acceptors (Lipinski definition) is 2. The summed E-state index contributed by atoms with van der Waals surface area (Å²) in [7, 11) is 0. The van der Waals surface area contributed by atoms with E-state index in [1.54, 1.807) is 0 Å². The molecule has 2 aliphatic rings. The number of carbonyl (C=O) groups excluding carboxylic acids is 1. The normalized spacial score (nSPS) is 21.5. The zero-order valence-electron chi connectivity index (χ0n) is 13.5. The third-order valence-electron chi connectivity index (χ3n) is 5.13. The maximum absolute atomic E-state index is 13.0. The van der Waals surface area contributed by atoms with E-state index in [1.165, 1.54) is 11.1 Å². The number of benzene rings is 1. The van der Waals surface area contributed by atoms with E-state index in [1.807, 2.05) is 0 Å². The van der Waals surface area contributed by atoms with Crippen molar-refractivity contribution in [1.29, 1.82) is 0 Å². The lowest BCUT2D eigenvalue weighted by Gasteiger charge is -2.37. The van der Waals surface area contributed by atoms with E-state index in [4.69, 9.17) is 0 Å². The van der Waals surface area contributed by atoms with Crippen molar-refractivity contribution in [2.24, 2.45) is 11.8 Å². The highest BCUT2D eigenvalue weighted by molar-refractivity contribution is 5.85. The fraction of sp³-hybridized carbons (Fsp3) is 0.611. The second-order valence-corrected chi connectivity index (χ2v) is 6.49. The summed E-state index contributed by atoms with van der Waals surface area (Å²) in [6.45, 7) is 7.14. The highest BCUT2D eigenvalue weighted by atomic mass is 35.5. The van der Waals surface area contributed by atoms with Crippen LogP contribution in [0.2, 0.25) is 0 Å². The molecule has 3 rings (SSSR count). The topological polar surface area (TPSA) is 32.3 Å². The molecular weight excluding hydrogens is 296 g/mol. The Morgan fingerprint density at radius 2 is 2.09 bits per heavy atom. The fourth-order valence-electron chi connectivity index (χ4n) is 3.65. The van der Waals surface area contributed by atoms with Gasteiger partial charge in [0, 0.05) is 12.5 Å². The number of carbonyl (C=O) groups is 1. The monoisotopic (exact) mass is 322 g/mol. The molecule has 1 aromatic rings. The summed E-state index contributed by atoms with van der Waals surface area (Å²) < 4.78 is 0. The maximum Gasteiger partial charge on any atom is 0.226 e. The molecule has 0 saturated carbocycles. The summed E-state index contributed by atoms with van der Waals surface area (Å²) in [5.41, 5.74) is 2.80. The number of fused-ring (bicyclic) bond motifs is 1. The molecule has 4 heteroatoms. The van der Waals surface area contributed by atoms with Crippen molar-refractivity contribution in [2.75, 3.05) is 19.6 Å². The van der Waals surface area contributed by atoms with E-state index in [0.29, 0.717) is 17.9 Å². The highest BCUT2D eigenvalue weighted by Crippen LogP contribution is 2.37. The van der Waals surface area contributed by atoms with E-state index in [0.717, 1.165) is 38.9 Å². The minimum absolute atomic E-state index is 0. The Morgan fingerprint density at radius 3 is 2.73 bits per heavy atom. The van der Waals surface area contributed by atoms with Crippen LogP contribution < -0.4 is 5.32 Å². The van der Waals surface area contributed by atoms with Gasteiger partial charge in [-0.15, -0.1) is 12.4 Å². The SMILES string of the molecule is CCCN(C(=O)C(C)C1CNC1)C1CCc2ccccc21.Cl. The third kappa shape index (κ3) is 3.16. The summed E-state index contributed by atoms with van der Waals surface area (Å²) in [4.78, 5) is 15.1. The molecule has 1 aromatic carbocycles. The minimum atomic E-state index is 0. The van der Waals surface area contributed by atoms with Crippen LogP contribution in [0.5, 0.6) is 0 Å². The van der Waals surface area contributed by atoms with Gasteiger partial charge in [0.25, 0.3) is 0 Å². The van der Waals surface area contributed by atoms with Crippen LogP contribution >= 0.6 is 12.4 Å². The second-order valence-electron chi connectivity index (χ2n) is 6.49. The predicted molar refractivity (Wildman–Crippen MR) is 92.3 cm³/mol. The van der Waals surface area contributed by atoms with Crippen molar-refractivity contribution >= 4 is 18.3 Å². The van der Waals surface area contributed by atoms with Gasteiger partial charge in [0.2, 0.25) is 5.91 Å². The molecule has 0 aromatic heterocycles. The summed E-state index contributed by atoms with van der Waals surface area (Å²) in [6.07, 6.45) is 3.22. The number of rotatable bonds is 5. The van der Waals surface area contributed by atoms with E-state index in [-0.39, 0.29) is 18.3 Å². The molecule has 1 amide bonds. The van der Waals surface area contributed by atoms with Gasteiger partial charge in [-0.25, -0.2) is 0 Å². The standard InChI is InChI=1S/C18H26N2O.ClH/c1-3-10-20(18(21)13(2)15-11-19-12-15)17-9-8-14-6-4-5-7-16(14)17;/h4-7,13,15,17,19H,3,8-12H2,1-2H3;1H. The van der Waals surface area contributed by atoms with Gasteiger partial charge in [-0.2, -0.15) is 0 Å². The average molecular weight is 323 g/mol. The van der Waals surface area contributed by atoms with Crippen LogP contribution in [0.15, 0.2) is 24.3 Å². The van der Waals surface area contributed by atoms with Crippen molar-refractivity contribution in [1.82, 2.24) is 10.2 Å². The van der Waals surface area contributed by atoms with Gasteiger partial charge in [0.1, 0.15) is 0 Å². The van der Waals surface area contributed by atoms with Gasteiger partial charge in [-0.3, -0.25) is 4.79 Å². The average Bonchev–Trinajstić information content (AvgIpc) is 2.86. The van der Waals surface area contributed by atoms with Crippen LogP contribution in [0.1, 0.15) is 43.9 Å². The zero-order chi connectivity index (χ0) is 14.8. The Kier molecular flexibility index (Phi) is 5.87. The van der Waals surface area contributed by atoms with E-state index < -0.39 is 0 Å². The maximum atomic E-state index is 13.0. The molecule has 1 heterocycles. The first-order chi connectivity index (χ1) is 10.2. The molecule has 0 radical (unpaired) electrons. The highest BCUT2D eigenvalue weighted by Gasteiger charge is 2.36. The summed E-state index contributed by atoms with van der Waals surface area (Å²) in [5.74, 6) is 1.02. The fourth-order valence-corrected chi connectivity index (χ4v) is 3.65. The first-order valence-electron chi connectivity index (χ1n) is 8.31. The minimum Gasteiger partial charge on any atom is -0.335 e. The van der Waals surface area contributed by atoms with Gasteiger partial charge in [-0.1, -0.05) is 38.1 Å². The molecule has 3 nitrogen and oxygen atoms in total. The van der Waals surface area contributed by atoms with Crippen LogP contribution in [-0.4, -0.2) is 30.4 Å².